The number of carboxylic acid groups (broad SMARTS) is 1. The molecule has 0 bridgehead atoms. The third-order valence-corrected chi connectivity index (χ3v) is 4.48. The topological polar surface area (TPSA) is 120 Å². The van der Waals surface area contributed by atoms with Crippen LogP contribution < -0.4 is 21.3 Å². The predicted molar refractivity (Wildman–Crippen MR) is 120 cm³/mol. The van der Waals surface area contributed by atoms with Crippen molar-refractivity contribution in [2.45, 2.75) is 111 Å². The number of hydrogen-bond acceptors (Lipinski definition) is 5. The van der Waals surface area contributed by atoms with Gasteiger partial charge in [-0.05, 0) is 80.2 Å². The minimum absolute atomic E-state index is 0.0176. The van der Waals surface area contributed by atoms with Gasteiger partial charge >= 0.3 is 5.97 Å². The average Bonchev–Trinajstić information content (AvgIpc) is 2.55. The minimum Gasteiger partial charge on any atom is -0.480 e. The highest BCUT2D eigenvalue weighted by atomic mass is 16.4. The van der Waals surface area contributed by atoms with Crippen molar-refractivity contribution in [2.24, 2.45) is 5.92 Å². The van der Waals surface area contributed by atoms with Crippen molar-refractivity contribution in [3.05, 3.63) is 0 Å². The van der Waals surface area contributed by atoms with E-state index < -0.39 is 30.0 Å². The summed E-state index contributed by atoms with van der Waals surface area (Å²) < 4.78 is 0. The quantitative estimate of drug-likeness (QED) is 0.304. The molecule has 0 aromatic rings. The standard InChI is InChI=1S/C22H44N4O4/c1-14(2)17(26-22(7,8)9)19(28)24-15(3)18(27)25-16(20(29)30)12-10-11-13-23-21(4,5)6/h14-17,23,26H,10-13H2,1-9H3,(H,24,28)(H,25,27)(H,29,30)/t15-,16-,17?/m0/s1. The van der Waals surface area contributed by atoms with Crippen LogP contribution in [-0.2, 0) is 14.4 Å². The van der Waals surface area contributed by atoms with E-state index in [0.717, 1.165) is 13.0 Å². The van der Waals surface area contributed by atoms with Crippen LogP contribution in [-0.4, -0.2) is 58.6 Å². The number of unbranched alkanes of at least 4 members (excludes halogenated alkanes) is 1. The number of carboxylic acids is 1. The SMILES string of the molecule is CC(C)C(NC(C)(C)C)C(=O)N[C@@H](C)C(=O)N[C@@H](CCCCNC(C)(C)C)C(=O)O. The molecule has 8 heteroatoms. The van der Waals surface area contributed by atoms with E-state index in [9.17, 15) is 19.5 Å². The molecule has 0 saturated heterocycles. The van der Waals surface area contributed by atoms with Gasteiger partial charge in [-0.2, -0.15) is 0 Å². The van der Waals surface area contributed by atoms with E-state index in [2.05, 4.69) is 42.0 Å². The van der Waals surface area contributed by atoms with Crippen LogP contribution in [0.4, 0.5) is 0 Å². The number of amides is 2. The number of carbonyl (C=O) groups excluding carboxylic acids is 2. The van der Waals surface area contributed by atoms with Gasteiger partial charge in [-0.3, -0.25) is 9.59 Å². The molecule has 5 N–H and O–H groups in total. The van der Waals surface area contributed by atoms with Crippen LogP contribution in [0.2, 0.25) is 0 Å². The highest BCUT2D eigenvalue weighted by Gasteiger charge is 2.29. The fraction of sp³-hybridized carbons (Fsp3) is 0.864. The first-order valence-electron chi connectivity index (χ1n) is 10.9. The first-order valence-corrected chi connectivity index (χ1v) is 10.9. The molecule has 176 valence electrons. The summed E-state index contributed by atoms with van der Waals surface area (Å²) in [6.45, 7) is 18.4. The van der Waals surface area contributed by atoms with Crippen molar-refractivity contribution >= 4 is 17.8 Å². The molecule has 0 aromatic heterocycles. The van der Waals surface area contributed by atoms with Gasteiger partial charge in [0.2, 0.25) is 11.8 Å². The zero-order chi connectivity index (χ0) is 23.7. The molecule has 3 atom stereocenters. The lowest BCUT2D eigenvalue weighted by Gasteiger charge is -2.31. The van der Waals surface area contributed by atoms with E-state index in [1.54, 1.807) is 6.92 Å². The van der Waals surface area contributed by atoms with Crippen molar-refractivity contribution in [3.8, 4) is 0 Å². The van der Waals surface area contributed by atoms with Gasteiger partial charge in [0, 0.05) is 11.1 Å². The zero-order valence-corrected chi connectivity index (χ0v) is 20.3. The molecular weight excluding hydrogens is 384 g/mol. The third kappa shape index (κ3) is 12.8. The third-order valence-electron chi connectivity index (χ3n) is 4.48. The van der Waals surface area contributed by atoms with Crippen LogP contribution >= 0.6 is 0 Å². The van der Waals surface area contributed by atoms with Crippen LogP contribution in [0, 0.1) is 5.92 Å². The minimum atomic E-state index is -1.07. The van der Waals surface area contributed by atoms with E-state index in [-0.39, 0.29) is 22.9 Å². The first-order chi connectivity index (χ1) is 13.5. The Kier molecular flexibility index (Phi) is 11.6. The molecule has 0 aromatic carbocycles. The summed E-state index contributed by atoms with van der Waals surface area (Å²) in [5.74, 6) is -1.81. The summed E-state index contributed by atoms with van der Waals surface area (Å²) in [5.41, 5.74) is -0.238. The van der Waals surface area contributed by atoms with E-state index in [0.29, 0.717) is 12.8 Å². The molecule has 2 amide bonds. The summed E-state index contributed by atoms with van der Waals surface area (Å²) >= 11 is 0. The fourth-order valence-corrected chi connectivity index (χ4v) is 2.86. The van der Waals surface area contributed by atoms with Gasteiger partial charge in [0.1, 0.15) is 12.1 Å². The zero-order valence-electron chi connectivity index (χ0n) is 20.3. The Morgan fingerprint density at radius 3 is 1.83 bits per heavy atom. The number of nitrogens with one attached hydrogen (secondary N) is 4. The van der Waals surface area contributed by atoms with Gasteiger partial charge in [0.15, 0.2) is 0 Å². The maximum absolute atomic E-state index is 12.6. The second-order valence-electron chi connectivity index (χ2n) is 10.4. The normalized spacial score (nSPS) is 15.4. The Labute approximate surface area is 182 Å². The largest absolute Gasteiger partial charge is 0.480 e. The maximum atomic E-state index is 12.6. The second kappa shape index (κ2) is 12.2. The van der Waals surface area contributed by atoms with E-state index in [1.807, 2.05) is 34.6 Å². The van der Waals surface area contributed by atoms with E-state index in [4.69, 9.17) is 0 Å². The second-order valence-corrected chi connectivity index (χ2v) is 10.4. The first kappa shape index (κ1) is 28.3. The van der Waals surface area contributed by atoms with Crippen molar-refractivity contribution < 1.29 is 19.5 Å². The number of hydrogen-bond donors (Lipinski definition) is 5. The summed E-state index contributed by atoms with van der Waals surface area (Å²) in [5, 5.41) is 21.3. The number of rotatable bonds is 12. The maximum Gasteiger partial charge on any atom is 0.326 e. The van der Waals surface area contributed by atoms with Crippen LogP contribution in [0.3, 0.4) is 0 Å². The Morgan fingerprint density at radius 1 is 0.833 bits per heavy atom. The van der Waals surface area contributed by atoms with Gasteiger partial charge < -0.3 is 26.4 Å². The summed E-state index contributed by atoms with van der Waals surface area (Å²) in [7, 11) is 0. The molecule has 0 fully saturated rings. The van der Waals surface area contributed by atoms with Gasteiger partial charge in [-0.25, -0.2) is 4.79 Å². The summed E-state index contributed by atoms with van der Waals surface area (Å²) in [4.78, 5) is 36.6. The van der Waals surface area contributed by atoms with E-state index in [1.165, 1.54) is 0 Å². The lowest BCUT2D eigenvalue weighted by molar-refractivity contribution is -0.142. The van der Waals surface area contributed by atoms with Crippen molar-refractivity contribution in [2.75, 3.05) is 6.54 Å². The Morgan fingerprint density at radius 2 is 1.40 bits per heavy atom. The van der Waals surface area contributed by atoms with Gasteiger partial charge in [0.25, 0.3) is 0 Å². The molecule has 0 spiro atoms. The summed E-state index contributed by atoms with van der Waals surface area (Å²) in [6.07, 6.45) is 1.83. The number of carbonyl (C=O) groups is 3. The lowest BCUT2D eigenvalue weighted by atomic mass is 9.98. The Bertz CT molecular complexity index is 564. The number of aliphatic carboxylic acids is 1. The van der Waals surface area contributed by atoms with Crippen LogP contribution in [0.5, 0.6) is 0 Å². The van der Waals surface area contributed by atoms with Crippen molar-refractivity contribution in [3.63, 3.8) is 0 Å². The van der Waals surface area contributed by atoms with Crippen LogP contribution in [0.15, 0.2) is 0 Å². The van der Waals surface area contributed by atoms with Crippen LogP contribution in [0.1, 0.15) is 81.6 Å². The molecule has 0 aliphatic heterocycles. The highest BCUT2D eigenvalue weighted by Crippen LogP contribution is 2.09. The monoisotopic (exact) mass is 428 g/mol. The molecular formula is C22H44N4O4. The highest BCUT2D eigenvalue weighted by molar-refractivity contribution is 5.91. The van der Waals surface area contributed by atoms with Gasteiger partial charge in [-0.1, -0.05) is 13.8 Å². The van der Waals surface area contributed by atoms with Crippen LogP contribution in [0.25, 0.3) is 0 Å². The smallest absolute Gasteiger partial charge is 0.326 e. The van der Waals surface area contributed by atoms with Crippen molar-refractivity contribution in [1.82, 2.24) is 21.3 Å². The average molecular weight is 429 g/mol. The fourth-order valence-electron chi connectivity index (χ4n) is 2.86. The molecule has 1 unspecified atom stereocenters. The molecule has 8 nitrogen and oxygen atoms in total. The molecule has 0 radical (unpaired) electrons. The van der Waals surface area contributed by atoms with E-state index >= 15 is 0 Å². The molecule has 0 rings (SSSR count). The Hall–Kier alpha value is -1.67. The van der Waals surface area contributed by atoms with Gasteiger partial charge in [-0.15, -0.1) is 0 Å². The predicted octanol–water partition coefficient (Wildman–Crippen LogP) is 2.03. The Balaban J connectivity index is 4.70. The van der Waals surface area contributed by atoms with Crippen molar-refractivity contribution in [1.29, 1.82) is 0 Å². The molecule has 0 heterocycles. The summed E-state index contributed by atoms with van der Waals surface area (Å²) in [6, 6.07) is -2.25. The molecule has 0 aliphatic rings. The molecule has 30 heavy (non-hydrogen) atoms. The van der Waals surface area contributed by atoms with Gasteiger partial charge in [0.05, 0.1) is 6.04 Å². The molecule has 0 aliphatic carbocycles. The lowest BCUT2D eigenvalue weighted by Crippen LogP contribution is -2.58. The molecule has 0 saturated carbocycles.